The van der Waals surface area contributed by atoms with E-state index in [4.69, 9.17) is 0 Å². The number of nitrogens with zero attached hydrogens (tertiary/aromatic N) is 2. The summed E-state index contributed by atoms with van der Waals surface area (Å²) in [7, 11) is 2.12. The summed E-state index contributed by atoms with van der Waals surface area (Å²) in [5.41, 5.74) is 3.48. The highest BCUT2D eigenvalue weighted by molar-refractivity contribution is 5.82. The second kappa shape index (κ2) is 7.45. The molecule has 0 aliphatic heterocycles. The van der Waals surface area contributed by atoms with Crippen LogP contribution in [0.15, 0.2) is 67.4 Å². The average molecular weight is 322 g/mol. The van der Waals surface area contributed by atoms with E-state index in [0.29, 0.717) is 0 Å². The van der Waals surface area contributed by atoms with Crippen molar-refractivity contribution in [2.45, 2.75) is 12.8 Å². The van der Waals surface area contributed by atoms with Crippen LogP contribution in [-0.4, -0.2) is 29.6 Å². The van der Waals surface area contributed by atoms with Gasteiger partial charge in [-0.05, 0) is 74.5 Å². The van der Waals surface area contributed by atoms with E-state index in [9.17, 15) is 4.39 Å². The molecule has 3 heteroatoms. The van der Waals surface area contributed by atoms with Crippen LogP contribution in [0.2, 0.25) is 0 Å². The van der Waals surface area contributed by atoms with E-state index in [-0.39, 0.29) is 5.82 Å². The lowest BCUT2D eigenvalue weighted by Crippen LogP contribution is -2.19. The smallest absolute Gasteiger partial charge is 0.123 e. The van der Waals surface area contributed by atoms with Crippen molar-refractivity contribution in [2.75, 3.05) is 20.1 Å². The van der Waals surface area contributed by atoms with Gasteiger partial charge in [-0.1, -0.05) is 12.1 Å². The van der Waals surface area contributed by atoms with E-state index in [0.717, 1.165) is 37.1 Å². The monoisotopic (exact) mass is 322 g/mol. The quantitative estimate of drug-likeness (QED) is 0.566. The van der Waals surface area contributed by atoms with Crippen LogP contribution in [0.4, 0.5) is 4.39 Å². The lowest BCUT2D eigenvalue weighted by atomic mass is 10.1. The molecular formula is C21H23FN2. The number of hydrogen-bond acceptors (Lipinski definition) is 1. The summed E-state index contributed by atoms with van der Waals surface area (Å²) in [6.45, 7) is 5.77. The van der Waals surface area contributed by atoms with Crippen LogP contribution in [-0.2, 0) is 6.42 Å². The highest BCUT2D eigenvalue weighted by atomic mass is 19.1. The lowest BCUT2D eigenvalue weighted by Gasteiger charge is -2.13. The SMILES string of the molecule is C=CCN(C)CCCc1ccc2c(ccn2-c2ccc(F)cc2)c1. The van der Waals surface area contributed by atoms with Crippen molar-refractivity contribution in [3.05, 3.63) is 78.8 Å². The molecule has 2 nitrogen and oxygen atoms in total. The Morgan fingerprint density at radius 2 is 1.92 bits per heavy atom. The van der Waals surface area contributed by atoms with Gasteiger partial charge in [0, 0.05) is 23.8 Å². The molecule has 0 unspecified atom stereocenters. The van der Waals surface area contributed by atoms with Gasteiger partial charge in [0.2, 0.25) is 0 Å². The Labute approximate surface area is 142 Å². The molecule has 0 atom stereocenters. The van der Waals surface area contributed by atoms with E-state index in [2.05, 4.69) is 47.4 Å². The van der Waals surface area contributed by atoms with Crippen LogP contribution < -0.4 is 0 Å². The first-order valence-electron chi connectivity index (χ1n) is 8.33. The maximum absolute atomic E-state index is 13.1. The Balaban J connectivity index is 1.73. The number of aryl methyl sites for hydroxylation is 1. The molecule has 0 aliphatic rings. The highest BCUT2D eigenvalue weighted by Gasteiger charge is 2.05. The number of likely N-dealkylation sites (N-methyl/N-ethyl adjacent to an activating group) is 1. The van der Waals surface area contributed by atoms with Crippen LogP contribution in [0.1, 0.15) is 12.0 Å². The molecule has 0 bridgehead atoms. The third-order valence-corrected chi connectivity index (χ3v) is 4.31. The number of benzene rings is 2. The summed E-state index contributed by atoms with van der Waals surface area (Å²) in [4.78, 5) is 2.27. The predicted molar refractivity (Wildman–Crippen MR) is 99.2 cm³/mol. The summed E-state index contributed by atoms with van der Waals surface area (Å²) < 4.78 is 15.2. The minimum atomic E-state index is -0.209. The topological polar surface area (TPSA) is 8.17 Å². The van der Waals surface area contributed by atoms with Gasteiger partial charge in [-0.3, -0.25) is 0 Å². The average Bonchev–Trinajstić information content (AvgIpc) is 2.99. The fourth-order valence-electron chi connectivity index (χ4n) is 3.04. The fourth-order valence-corrected chi connectivity index (χ4v) is 3.04. The molecule has 0 saturated heterocycles. The molecular weight excluding hydrogens is 299 g/mol. The van der Waals surface area contributed by atoms with Crippen molar-refractivity contribution in [3.63, 3.8) is 0 Å². The molecule has 2 aromatic carbocycles. The molecule has 3 aromatic rings. The Morgan fingerprint density at radius 1 is 1.12 bits per heavy atom. The van der Waals surface area contributed by atoms with Crippen LogP contribution in [0.3, 0.4) is 0 Å². The van der Waals surface area contributed by atoms with E-state index >= 15 is 0 Å². The Hall–Kier alpha value is -2.39. The van der Waals surface area contributed by atoms with Crippen molar-refractivity contribution in [1.82, 2.24) is 9.47 Å². The maximum Gasteiger partial charge on any atom is 0.123 e. The van der Waals surface area contributed by atoms with Gasteiger partial charge in [0.15, 0.2) is 0 Å². The minimum absolute atomic E-state index is 0.209. The van der Waals surface area contributed by atoms with Crippen LogP contribution >= 0.6 is 0 Å². The molecule has 0 radical (unpaired) electrons. The largest absolute Gasteiger partial charge is 0.317 e. The summed E-state index contributed by atoms with van der Waals surface area (Å²) >= 11 is 0. The Morgan fingerprint density at radius 3 is 2.67 bits per heavy atom. The summed E-state index contributed by atoms with van der Waals surface area (Å²) in [6, 6.07) is 15.3. The van der Waals surface area contributed by atoms with Crippen molar-refractivity contribution in [3.8, 4) is 5.69 Å². The predicted octanol–water partition coefficient (Wildman–Crippen LogP) is 4.82. The molecule has 0 N–H and O–H groups in total. The van der Waals surface area contributed by atoms with Crippen molar-refractivity contribution >= 4 is 10.9 Å². The van der Waals surface area contributed by atoms with Crippen LogP contribution in [0.5, 0.6) is 0 Å². The summed E-state index contributed by atoms with van der Waals surface area (Å²) in [5.74, 6) is -0.209. The number of hydrogen-bond donors (Lipinski definition) is 0. The molecule has 0 amide bonds. The van der Waals surface area contributed by atoms with Gasteiger partial charge in [0.25, 0.3) is 0 Å². The van der Waals surface area contributed by atoms with Crippen molar-refractivity contribution < 1.29 is 4.39 Å². The normalized spacial score (nSPS) is 11.3. The number of fused-ring (bicyclic) bond motifs is 1. The standard InChI is InChI=1S/C21H23FN2/c1-3-13-23(2)14-4-5-17-6-11-21-18(16-17)12-15-24(21)20-9-7-19(22)8-10-20/h3,6-12,15-16H,1,4-5,13-14H2,2H3. The first-order chi connectivity index (χ1) is 11.7. The minimum Gasteiger partial charge on any atom is -0.317 e. The molecule has 3 rings (SSSR count). The maximum atomic E-state index is 13.1. The van der Waals surface area contributed by atoms with Crippen molar-refractivity contribution in [1.29, 1.82) is 0 Å². The first-order valence-corrected chi connectivity index (χ1v) is 8.33. The van der Waals surface area contributed by atoms with Crippen LogP contribution in [0, 0.1) is 5.82 Å². The zero-order valence-corrected chi connectivity index (χ0v) is 14.1. The van der Waals surface area contributed by atoms with Gasteiger partial charge in [-0.15, -0.1) is 6.58 Å². The van der Waals surface area contributed by atoms with E-state index in [1.54, 1.807) is 12.1 Å². The third-order valence-electron chi connectivity index (χ3n) is 4.31. The summed E-state index contributed by atoms with van der Waals surface area (Å²) in [6.07, 6.45) is 6.18. The first kappa shape index (κ1) is 16.5. The second-order valence-electron chi connectivity index (χ2n) is 6.21. The van der Waals surface area contributed by atoms with E-state index in [1.807, 2.05) is 12.3 Å². The molecule has 0 saturated carbocycles. The fraction of sp³-hybridized carbons (Fsp3) is 0.238. The van der Waals surface area contributed by atoms with E-state index in [1.165, 1.54) is 23.1 Å². The summed E-state index contributed by atoms with van der Waals surface area (Å²) in [5, 5.41) is 1.22. The number of rotatable bonds is 7. The van der Waals surface area contributed by atoms with Gasteiger partial charge in [-0.25, -0.2) is 4.39 Å². The molecule has 0 fully saturated rings. The Kier molecular flexibility index (Phi) is 5.11. The zero-order chi connectivity index (χ0) is 16.9. The van der Waals surface area contributed by atoms with E-state index < -0.39 is 0 Å². The zero-order valence-electron chi connectivity index (χ0n) is 14.1. The van der Waals surface area contributed by atoms with Gasteiger partial charge in [0.1, 0.15) is 5.82 Å². The highest BCUT2D eigenvalue weighted by Crippen LogP contribution is 2.22. The molecule has 0 aliphatic carbocycles. The molecule has 1 aromatic heterocycles. The van der Waals surface area contributed by atoms with Gasteiger partial charge in [-0.2, -0.15) is 0 Å². The van der Waals surface area contributed by atoms with Crippen LogP contribution in [0.25, 0.3) is 16.6 Å². The van der Waals surface area contributed by atoms with Crippen molar-refractivity contribution in [2.24, 2.45) is 0 Å². The second-order valence-corrected chi connectivity index (χ2v) is 6.21. The lowest BCUT2D eigenvalue weighted by molar-refractivity contribution is 0.364. The van der Waals surface area contributed by atoms with Gasteiger partial charge < -0.3 is 9.47 Å². The van der Waals surface area contributed by atoms with Gasteiger partial charge in [0.05, 0.1) is 5.52 Å². The third kappa shape index (κ3) is 3.74. The Bertz CT molecular complexity index is 817. The van der Waals surface area contributed by atoms with Gasteiger partial charge >= 0.3 is 0 Å². The molecule has 24 heavy (non-hydrogen) atoms. The number of aromatic nitrogens is 1. The molecule has 124 valence electrons. The number of halogens is 1. The molecule has 1 heterocycles. The molecule has 0 spiro atoms.